The van der Waals surface area contributed by atoms with E-state index in [1.165, 1.54) is 16.3 Å². The summed E-state index contributed by atoms with van der Waals surface area (Å²) in [5.41, 5.74) is 9.47. The molecule has 2 unspecified atom stereocenters. The number of fused-ring (bicyclic) bond motifs is 6. The Hall–Kier alpha value is -3.59. The number of thiazole rings is 1. The molecular weight excluding hydrogens is 787 g/mol. The number of pyridine rings is 1. The minimum atomic E-state index is -0.931. The van der Waals surface area contributed by atoms with Crippen LogP contribution in [0.5, 0.6) is 0 Å². The van der Waals surface area contributed by atoms with E-state index >= 15 is 0 Å². The van der Waals surface area contributed by atoms with Gasteiger partial charge in [0.2, 0.25) is 5.91 Å². The molecule has 4 aromatic rings. The Bertz CT molecular complexity index is 2100. The molecule has 2 N–H and O–H groups in total. The lowest BCUT2D eigenvalue weighted by Crippen LogP contribution is -2.61. The van der Waals surface area contributed by atoms with Crippen LogP contribution in [0, 0.1) is 28.6 Å². The number of cyclic esters (lactones) is 1. The summed E-state index contributed by atoms with van der Waals surface area (Å²) in [5.74, 6) is -1.88. The first kappa shape index (κ1) is 45.1. The summed E-state index contributed by atoms with van der Waals surface area (Å²) in [6.07, 6.45) is 4.73. The van der Waals surface area contributed by atoms with E-state index in [4.69, 9.17) is 19.4 Å². The van der Waals surface area contributed by atoms with Crippen LogP contribution in [0.3, 0.4) is 0 Å². The number of aryl methyl sites for hydroxylation is 1. The van der Waals surface area contributed by atoms with Gasteiger partial charge in [0.05, 0.1) is 52.7 Å². The fourth-order valence-electron chi connectivity index (χ4n) is 7.81. The van der Waals surface area contributed by atoms with Crippen LogP contribution in [0.1, 0.15) is 75.7 Å². The van der Waals surface area contributed by atoms with Crippen LogP contribution in [-0.4, -0.2) is 69.7 Å². The highest BCUT2D eigenvalue weighted by molar-refractivity contribution is 7.59. The van der Waals surface area contributed by atoms with Crippen LogP contribution >= 0.6 is 51.8 Å². The third-order valence-corrected chi connectivity index (χ3v) is 11.8. The van der Waals surface area contributed by atoms with Crippen molar-refractivity contribution < 1.29 is 23.9 Å². The zero-order valence-electron chi connectivity index (χ0n) is 32.5. The predicted molar refractivity (Wildman–Crippen MR) is 232 cm³/mol. The Morgan fingerprint density at radius 3 is 2.68 bits per heavy atom. The summed E-state index contributed by atoms with van der Waals surface area (Å²) in [5, 5.41) is 17.7. The maximum absolute atomic E-state index is 14.1. The summed E-state index contributed by atoms with van der Waals surface area (Å²) in [7, 11) is 1.69. The van der Waals surface area contributed by atoms with Gasteiger partial charge in [-0.15, -0.1) is 11.3 Å². The van der Waals surface area contributed by atoms with E-state index in [2.05, 4.69) is 66.4 Å². The molecule has 56 heavy (non-hydrogen) atoms. The fourth-order valence-corrected chi connectivity index (χ4v) is 8.66. The molecule has 2 fully saturated rings. The molecule has 5 heterocycles. The van der Waals surface area contributed by atoms with E-state index in [0.717, 1.165) is 51.2 Å². The summed E-state index contributed by atoms with van der Waals surface area (Å²) in [4.78, 5) is 50.9. The molecule has 16 heteroatoms. The molecule has 1 saturated heterocycles. The average molecular weight is 840 g/mol. The lowest BCUT2D eigenvalue weighted by atomic mass is 9.74. The number of nitriles is 1. The molecule has 6 bridgehead atoms. The predicted octanol–water partition coefficient (Wildman–Crippen LogP) is 6.09. The van der Waals surface area contributed by atoms with E-state index < -0.39 is 29.4 Å². The Morgan fingerprint density at radius 2 is 1.98 bits per heavy atom. The van der Waals surface area contributed by atoms with E-state index in [1.54, 1.807) is 13.3 Å². The monoisotopic (exact) mass is 839 g/mol. The van der Waals surface area contributed by atoms with Gasteiger partial charge in [-0.05, 0) is 75.8 Å². The summed E-state index contributed by atoms with van der Waals surface area (Å²) < 4.78 is 14.1. The minimum Gasteiger partial charge on any atom is -0.464 e. The molecule has 2 aliphatic heterocycles. The summed E-state index contributed by atoms with van der Waals surface area (Å²) in [6.45, 7) is 9.61. The van der Waals surface area contributed by atoms with Crippen molar-refractivity contribution in [3.63, 3.8) is 0 Å². The lowest BCUT2D eigenvalue weighted by Gasteiger charge is -2.36. The smallest absolute Gasteiger partial charge is 0.324 e. The van der Waals surface area contributed by atoms with Gasteiger partial charge in [-0.2, -0.15) is 45.7 Å². The van der Waals surface area contributed by atoms with Crippen LogP contribution in [0.2, 0.25) is 0 Å². The number of aromatic nitrogens is 3. The van der Waals surface area contributed by atoms with Crippen molar-refractivity contribution in [2.45, 2.75) is 91.0 Å². The highest BCUT2D eigenvalue weighted by Crippen LogP contribution is 2.42. The number of hydrazine groups is 1. The molecule has 1 saturated carbocycles. The number of ether oxygens (including phenoxy) is 2. The molecule has 1 aliphatic carbocycles. The Kier molecular flexibility index (Phi) is 15.1. The number of esters is 1. The number of nitrogens with zero attached hydrogens (tertiary/aromatic N) is 5. The first-order valence-corrected chi connectivity index (χ1v) is 19.4. The normalized spacial score (nSPS) is 22.5. The fraction of sp³-hybridized carbons (Fsp3) is 0.500. The van der Waals surface area contributed by atoms with E-state index in [0.29, 0.717) is 43.7 Å². The molecule has 0 radical (unpaired) electrons. The van der Waals surface area contributed by atoms with Crippen LogP contribution in [0.4, 0.5) is 0 Å². The van der Waals surface area contributed by atoms with Crippen LogP contribution in [0.25, 0.3) is 33.4 Å². The van der Waals surface area contributed by atoms with E-state index in [1.807, 2.05) is 18.4 Å². The highest BCUT2D eigenvalue weighted by atomic mass is 32.1. The first-order chi connectivity index (χ1) is 25.5. The maximum Gasteiger partial charge on any atom is 0.324 e. The molecule has 2 amide bonds. The van der Waals surface area contributed by atoms with Crippen molar-refractivity contribution in [2.75, 3.05) is 20.3 Å². The van der Waals surface area contributed by atoms with Crippen molar-refractivity contribution in [1.29, 1.82) is 5.26 Å². The van der Waals surface area contributed by atoms with Gasteiger partial charge in [0.1, 0.15) is 12.1 Å². The Balaban J connectivity index is 0.00000232. The third-order valence-electron chi connectivity index (χ3n) is 10.9. The average Bonchev–Trinajstić information content (AvgIpc) is 3.74. The SMILES string of the molecule is CCn1c(-c2cccnc2[C@H](C)OC)c2c3cc(ccc31)-c1csc(n1)C[C@H](NC(=O)C1CCC1C#N)C(=O)N1CCC[C@H](N1)C(=O)OCC(C)(C)C2.S.S.S. The summed E-state index contributed by atoms with van der Waals surface area (Å²) >= 11 is 1.44. The largest absolute Gasteiger partial charge is 0.464 e. The van der Waals surface area contributed by atoms with Gasteiger partial charge in [-0.25, -0.2) is 10.4 Å². The third kappa shape index (κ3) is 8.93. The number of methoxy groups -OCH3 is 1. The topological polar surface area (TPSA) is 151 Å². The van der Waals surface area contributed by atoms with Crippen LogP contribution < -0.4 is 10.7 Å². The molecule has 1 aromatic carbocycles. The van der Waals surface area contributed by atoms with Gasteiger partial charge in [0.15, 0.2) is 0 Å². The Labute approximate surface area is 353 Å². The highest BCUT2D eigenvalue weighted by Gasteiger charge is 2.40. The molecular formula is C40H53N7O5S4. The van der Waals surface area contributed by atoms with Crippen LogP contribution in [0.15, 0.2) is 41.9 Å². The number of nitrogens with one attached hydrogen (secondary N) is 2. The van der Waals surface area contributed by atoms with Gasteiger partial charge < -0.3 is 19.4 Å². The van der Waals surface area contributed by atoms with Crippen molar-refractivity contribution in [3.8, 4) is 28.6 Å². The van der Waals surface area contributed by atoms with Gasteiger partial charge in [0.25, 0.3) is 5.91 Å². The number of hydrogen-bond acceptors (Lipinski definition) is 10. The molecule has 12 nitrogen and oxygen atoms in total. The number of rotatable bonds is 6. The van der Waals surface area contributed by atoms with Crippen molar-refractivity contribution in [2.24, 2.45) is 17.3 Å². The molecule has 0 spiro atoms. The van der Waals surface area contributed by atoms with Crippen LogP contribution in [-0.2, 0) is 43.2 Å². The second kappa shape index (κ2) is 18.8. The number of amides is 2. The molecule has 5 atom stereocenters. The molecule has 3 aromatic heterocycles. The molecule has 7 rings (SSSR count). The van der Waals surface area contributed by atoms with Gasteiger partial charge in [-0.3, -0.25) is 24.4 Å². The zero-order valence-corrected chi connectivity index (χ0v) is 36.3. The molecule has 3 aliphatic rings. The number of benzene rings is 1. The van der Waals surface area contributed by atoms with Crippen molar-refractivity contribution in [1.82, 2.24) is 30.3 Å². The van der Waals surface area contributed by atoms with Crippen molar-refractivity contribution >= 4 is 80.5 Å². The summed E-state index contributed by atoms with van der Waals surface area (Å²) in [6, 6.07) is 11.0. The zero-order chi connectivity index (χ0) is 37.4. The molecule has 302 valence electrons. The first-order valence-electron chi connectivity index (χ1n) is 18.5. The second-order valence-electron chi connectivity index (χ2n) is 15.2. The van der Waals surface area contributed by atoms with E-state index in [9.17, 15) is 19.6 Å². The van der Waals surface area contributed by atoms with Gasteiger partial charge >= 0.3 is 5.97 Å². The minimum absolute atomic E-state index is 0. The lowest BCUT2D eigenvalue weighted by molar-refractivity contribution is -0.155. The number of carbonyl (C=O) groups excluding carboxylic acids is 3. The van der Waals surface area contributed by atoms with Crippen molar-refractivity contribution in [3.05, 3.63) is 58.2 Å². The van der Waals surface area contributed by atoms with Gasteiger partial charge in [0, 0.05) is 65.6 Å². The standard InChI is InChI=1S/C40H47N7O5S.3H2S/c1-6-46-33-14-12-24-17-28(33)29(36(46)27-9-7-15-42-35(27)23(2)51-5)19-40(3,4)22-52-39(50)30-10-8-16-47(45-30)38(49)31(18-34-43-32(24)21-53-34)44-37(48)26-13-11-25(26)20-41;;;/h7,9,12,14-15,17,21,23,25-26,30-31,45H,6,8,10-11,13,16,18-19,22H2,1-5H3,(H,44,48);3*1H2/t23-,25?,26?,30-,31-;;;/m0.../s1. The quantitative estimate of drug-likeness (QED) is 0.220. The maximum atomic E-state index is 14.1. The van der Waals surface area contributed by atoms with Gasteiger partial charge in [-0.1, -0.05) is 19.9 Å². The second-order valence-corrected chi connectivity index (χ2v) is 16.1. The van der Waals surface area contributed by atoms with E-state index in [-0.39, 0.29) is 77.4 Å². The number of hydrogen-bond donors (Lipinski definition) is 2. The number of carbonyl (C=O) groups is 3. The Morgan fingerprint density at radius 1 is 1.20 bits per heavy atom.